The third-order valence-corrected chi connectivity index (χ3v) is 6.76. The van der Waals surface area contributed by atoms with Gasteiger partial charge in [-0.2, -0.15) is 0 Å². The molecule has 1 saturated heterocycles. The van der Waals surface area contributed by atoms with Gasteiger partial charge >= 0.3 is 0 Å². The van der Waals surface area contributed by atoms with Gasteiger partial charge in [-0.25, -0.2) is 13.4 Å². The molecule has 3 rings (SSSR count). The molecule has 1 aromatic heterocycles. The van der Waals surface area contributed by atoms with Gasteiger partial charge in [0.1, 0.15) is 0 Å². The Balaban J connectivity index is 1.52. The number of H-pyrrole nitrogens is 1. The number of imidazole rings is 1. The molecule has 0 saturated carbocycles. The molecule has 0 bridgehead atoms. The second kappa shape index (κ2) is 7.61. The number of hydrogen-bond donors (Lipinski definition) is 2. The SMILES string of the molecule is Cc1[nH]c(SCC(=O)N[C@@H]2CCS(=O)(=O)C2)nc1Cc1ccccc1. The van der Waals surface area contributed by atoms with E-state index < -0.39 is 9.84 Å². The van der Waals surface area contributed by atoms with Gasteiger partial charge in [0.25, 0.3) is 0 Å². The Morgan fingerprint density at radius 3 is 2.80 bits per heavy atom. The number of hydrogen-bond acceptors (Lipinski definition) is 5. The van der Waals surface area contributed by atoms with Crippen molar-refractivity contribution in [1.29, 1.82) is 0 Å². The van der Waals surface area contributed by atoms with Crippen LogP contribution in [0.2, 0.25) is 0 Å². The first-order chi connectivity index (χ1) is 11.9. The van der Waals surface area contributed by atoms with Crippen molar-refractivity contribution in [2.75, 3.05) is 17.3 Å². The minimum atomic E-state index is -2.98. The van der Waals surface area contributed by atoms with E-state index in [1.165, 1.54) is 17.3 Å². The molecule has 1 fully saturated rings. The lowest BCUT2D eigenvalue weighted by Gasteiger charge is -2.09. The molecular formula is C17H21N3O3S2. The van der Waals surface area contributed by atoms with Crippen LogP contribution in [0.1, 0.15) is 23.4 Å². The minimum Gasteiger partial charge on any atom is -0.352 e. The molecule has 0 aliphatic carbocycles. The smallest absolute Gasteiger partial charge is 0.230 e. The molecule has 1 atom stereocenters. The third kappa shape index (κ3) is 5.09. The van der Waals surface area contributed by atoms with Gasteiger partial charge in [-0.3, -0.25) is 4.79 Å². The van der Waals surface area contributed by atoms with Crippen molar-refractivity contribution in [2.45, 2.75) is 31.0 Å². The quantitative estimate of drug-likeness (QED) is 0.746. The highest BCUT2D eigenvalue weighted by atomic mass is 32.2. The second-order valence-electron chi connectivity index (χ2n) is 6.23. The summed E-state index contributed by atoms with van der Waals surface area (Å²) in [6.45, 7) is 1.97. The van der Waals surface area contributed by atoms with Crippen LogP contribution in [0.4, 0.5) is 0 Å². The Hall–Kier alpha value is -1.80. The van der Waals surface area contributed by atoms with Crippen LogP contribution in [-0.2, 0) is 21.1 Å². The molecule has 25 heavy (non-hydrogen) atoms. The molecule has 0 unspecified atom stereocenters. The third-order valence-electron chi connectivity index (χ3n) is 4.12. The molecule has 1 amide bonds. The predicted octanol–water partition coefficient (Wildman–Crippen LogP) is 1.70. The Morgan fingerprint density at radius 2 is 2.12 bits per heavy atom. The van der Waals surface area contributed by atoms with E-state index in [-0.39, 0.29) is 29.2 Å². The lowest BCUT2D eigenvalue weighted by molar-refractivity contribution is -0.119. The van der Waals surface area contributed by atoms with E-state index >= 15 is 0 Å². The predicted molar refractivity (Wildman–Crippen MR) is 98.5 cm³/mol. The molecule has 0 radical (unpaired) electrons. The van der Waals surface area contributed by atoms with Gasteiger partial charge in [-0.1, -0.05) is 42.1 Å². The van der Waals surface area contributed by atoms with E-state index in [0.717, 1.165) is 17.8 Å². The number of carbonyl (C=O) groups is 1. The fourth-order valence-electron chi connectivity index (χ4n) is 2.81. The van der Waals surface area contributed by atoms with Crippen molar-refractivity contribution in [2.24, 2.45) is 0 Å². The maximum atomic E-state index is 12.0. The van der Waals surface area contributed by atoms with Gasteiger partial charge < -0.3 is 10.3 Å². The zero-order chi connectivity index (χ0) is 17.9. The summed E-state index contributed by atoms with van der Waals surface area (Å²) in [5.74, 6) is 0.259. The molecule has 2 heterocycles. The lowest BCUT2D eigenvalue weighted by Crippen LogP contribution is -2.36. The maximum Gasteiger partial charge on any atom is 0.230 e. The second-order valence-corrected chi connectivity index (χ2v) is 9.42. The fourth-order valence-corrected chi connectivity index (χ4v) is 5.23. The Bertz CT molecular complexity index is 847. The van der Waals surface area contributed by atoms with Crippen LogP contribution in [0.3, 0.4) is 0 Å². The molecular weight excluding hydrogens is 358 g/mol. The van der Waals surface area contributed by atoms with Crippen LogP contribution < -0.4 is 5.32 Å². The average Bonchev–Trinajstić information content (AvgIpc) is 3.08. The van der Waals surface area contributed by atoms with Gasteiger partial charge in [-0.15, -0.1) is 0 Å². The van der Waals surface area contributed by atoms with Gasteiger partial charge in [0.05, 0.1) is 23.0 Å². The van der Waals surface area contributed by atoms with E-state index in [0.29, 0.717) is 11.6 Å². The monoisotopic (exact) mass is 379 g/mol. The standard InChI is InChI=1S/C17H21N3O3S2/c1-12-15(9-13-5-3-2-4-6-13)20-17(18-12)24-10-16(21)19-14-7-8-25(22,23)11-14/h2-6,14H,7-11H2,1H3,(H,18,20)(H,19,21)/t14-/m1/s1. The number of aromatic nitrogens is 2. The fraction of sp³-hybridized carbons (Fsp3) is 0.412. The summed E-state index contributed by atoms with van der Waals surface area (Å²) >= 11 is 1.33. The van der Waals surface area contributed by atoms with Crippen LogP contribution in [-0.4, -0.2) is 47.6 Å². The summed E-state index contributed by atoms with van der Waals surface area (Å²) in [6.07, 6.45) is 1.25. The molecule has 8 heteroatoms. The first-order valence-corrected chi connectivity index (χ1v) is 10.9. The zero-order valence-corrected chi connectivity index (χ0v) is 15.6. The van der Waals surface area contributed by atoms with Gasteiger partial charge in [0.2, 0.25) is 5.91 Å². The molecule has 2 aromatic rings. The van der Waals surface area contributed by atoms with E-state index in [2.05, 4.69) is 27.4 Å². The summed E-state index contributed by atoms with van der Waals surface area (Å²) in [5, 5.41) is 3.49. The van der Waals surface area contributed by atoms with Crippen molar-refractivity contribution >= 4 is 27.5 Å². The number of sulfone groups is 1. The largest absolute Gasteiger partial charge is 0.352 e. The summed E-state index contributed by atoms with van der Waals surface area (Å²) in [4.78, 5) is 19.8. The minimum absolute atomic E-state index is 0.0461. The molecule has 2 N–H and O–H groups in total. The number of carbonyl (C=O) groups excluding carboxylic acids is 1. The molecule has 1 aliphatic heterocycles. The summed E-state index contributed by atoms with van der Waals surface area (Å²) in [7, 11) is -2.98. The number of rotatable bonds is 6. The average molecular weight is 380 g/mol. The Kier molecular flexibility index (Phi) is 5.48. The first-order valence-electron chi connectivity index (χ1n) is 8.13. The van der Waals surface area contributed by atoms with E-state index in [9.17, 15) is 13.2 Å². The first kappa shape index (κ1) is 18.0. The number of nitrogens with zero attached hydrogens (tertiary/aromatic N) is 1. The van der Waals surface area contributed by atoms with E-state index in [1.807, 2.05) is 25.1 Å². The highest BCUT2D eigenvalue weighted by Crippen LogP contribution is 2.19. The highest BCUT2D eigenvalue weighted by Gasteiger charge is 2.28. The topological polar surface area (TPSA) is 91.9 Å². The van der Waals surface area contributed by atoms with Crippen molar-refractivity contribution < 1.29 is 13.2 Å². The Labute approximate surface area is 151 Å². The maximum absolute atomic E-state index is 12.0. The van der Waals surface area contributed by atoms with Gasteiger partial charge in [0, 0.05) is 18.2 Å². The van der Waals surface area contributed by atoms with Crippen LogP contribution in [0.25, 0.3) is 0 Å². The lowest BCUT2D eigenvalue weighted by atomic mass is 10.1. The van der Waals surface area contributed by atoms with Crippen molar-refractivity contribution in [3.63, 3.8) is 0 Å². The molecule has 134 valence electrons. The van der Waals surface area contributed by atoms with Crippen LogP contribution in [0.15, 0.2) is 35.5 Å². The number of thioether (sulfide) groups is 1. The zero-order valence-electron chi connectivity index (χ0n) is 14.0. The number of aryl methyl sites for hydroxylation is 1. The van der Waals surface area contributed by atoms with Gasteiger partial charge in [-0.05, 0) is 18.9 Å². The number of aromatic amines is 1. The summed E-state index contributed by atoms with van der Waals surface area (Å²) in [5.41, 5.74) is 3.15. The Morgan fingerprint density at radius 1 is 1.36 bits per heavy atom. The summed E-state index contributed by atoms with van der Waals surface area (Å²) in [6, 6.07) is 9.84. The van der Waals surface area contributed by atoms with E-state index in [4.69, 9.17) is 0 Å². The number of amides is 1. The summed E-state index contributed by atoms with van der Waals surface area (Å²) < 4.78 is 22.8. The molecule has 1 aromatic carbocycles. The molecule has 1 aliphatic rings. The molecule has 0 spiro atoms. The van der Waals surface area contributed by atoms with Crippen LogP contribution in [0.5, 0.6) is 0 Å². The normalized spacial score (nSPS) is 19.0. The van der Waals surface area contributed by atoms with Gasteiger partial charge in [0.15, 0.2) is 15.0 Å². The van der Waals surface area contributed by atoms with Crippen molar-refractivity contribution in [3.05, 3.63) is 47.3 Å². The number of benzene rings is 1. The van der Waals surface area contributed by atoms with Crippen molar-refractivity contribution in [3.8, 4) is 0 Å². The van der Waals surface area contributed by atoms with E-state index in [1.54, 1.807) is 0 Å². The van der Waals surface area contributed by atoms with Crippen molar-refractivity contribution in [1.82, 2.24) is 15.3 Å². The van der Waals surface area contributed by atoms with Crippen LogP contribution in [0, 0.1) is 6.92 Å². The number of nitrogens with one attached hydrogen (secondary N) is 2. The highest BCUT2D eigenvalue weighted by molar-refractivity contribution is 7.99. The molecule has 6 nitrogen and oxygen atoms in total. The van der Waals surface area contributed by atoms with Crippen LogP contribution >= 0.6 is 11.8 Å².